The SMILES string of the molecule is COCCNCC1(CCc2ccnn2C)CCOCC1. The third-order valence-electron chi connectivity index (χ3n) is 4.37. The summed E-state index contributed by atoms with van der Waals surface area (Å²) in [6.07, 6.45) is 6.44. The highest BCUT2D eigenvalue weighted by molar-refractivity contribution is 5.01. The second-order valence-corrected chi connectivity index (χ2v) is 5.73. The van der Waals surface area contributed by atoms with Crippen molar-refractivity contribution in [3.63, 3.8) is 0 Å². The Balaban J connectivity index is 1.87. The summed E-state index contributed by atoms with van der Waals surface area (Å²) in [7, 11) is 3.76. The van der Waals surface area contributed by atoms with E-state index >= 15 is 0 Å². The first-order valence-electron chi connectivity index (χ1n) is 7.50. The predicted molar refractivity (Wildman–Crippen MR) is 78.8 cm³/mol. The standard InChI is InChI=1S/C15H27N3O2/c1-18-14(4-8-17-18)3-5-15(6-10-20-11-7-15)13-16-9-12-19-2/h4,8,16H,3,5-7,9-13H2,1-2H3. The zero-order valence-corrected chi connectivity index (χ0v) is 12.7. The highest BCUT2D eigenvalue weighted by Gasteiger charge is 2.32. The first-order valence-corrected chi connectivity index (χ1v) is 7.50. The van der Waals surface area contributed by atoms with E-state index in [2.05, 4.69) is 16.5 Å². The fraction of sp³-hybridized carbons (Fsp3) is 0.800. The highest BCUT2D eigenvalue weighted by atomic mass is 16.5. The van der Waals surface area contributed by atoms with E-state index in [4.69, 9.17) is 9.47 Å². The van der Waals surface area contributed by atoms with Crippen molar-refractivity contribution >= 4 is 0 Å². The van der Waals surface area contributed by atoms with Gasteiger partial charge in [0, 0.05) is 52.4 Å². The first kappa shape index (κ1) is 15.5. The van der Waals surface area contributed by atoms with Gasteiger partial charge in [0.1, 0.15) is 0 Å². The molecule has 0 radical (unpaired) electrons. The smallest absolute Gasteiger partial charge is 0.0587 e. The minimum atomic E-state index is 0.357. The minimum absolute atomic E-state index is 0.357. The average molecular weight is 281 g/mol. The van der Waals surface area contributed by atoms with Crippen LogP contribution in [0.5, 0.6) is 0 Å². The largest absolute Gasteiger partial charge is 0.383 e. The van der Waals surface area contributed by atoms with E-state index in [0.717, 1.165) is 52.2 Å². The van der Waals surface area contributed by atoms with Crippen LogP contribution in [0.25, 0.3) is 0 Å². The lowest BCUT2D eigenvalue weighted by molar-refractivity contribution is 0.00976. The number of ether oxygens (including phenoxy) is 2. The summed E-state index contributed by atoms with van der Waals surface area (Å²) in [6, 6.07) is 2.12. The molecule has 0 bridgehead atoms. The van der Waals surface area contributed by atoms with Crippen LogP contribution >= 0.6 is 0 Å². The van der Waals surface area contributed by atoms with Gasteiger partial charge in [0.25, 0.3) is 0 Å². The summed E-state index contributed by atoms with van der Waals surface area (Å²) in [5.74, 6) is 0. The summed E-state index contributed by atoms with van der Waals surface area (Å²) < 4.78 is 12.6. The van der Waals surface area contributed by atoms with Crippen molar-refractivity contribution in [2.75, 3.05) is 40.0 Å². The molecule has 5 nitrogen and oxygen atoms in total. The van der Waals surface area contributed by atoms with E-state index in [1.807, 2.05) is 17.9 Å². The summed E-state index contributed by atoms with van der Waals surface area (Å²) in [5.41, 5.74) is 1.67. The number of aromatic nitrogens is 2. The summed E-state index contributed by atoms with van der Waals surface area (Å²) in [4.78, 5) is 0. The van der Waals surface area contributed by atoms with Gasteiger partial charge < -0.3 is 14.8 Å². The fourth-order valence-corrected chi connectivity index (χ4v) is 2.89. The molecular formula is C15H27N3O2. The van der Waals surface area contributed by atoms with Gasteiger partial charge in [-0.15, -0.1) is 0 Å². The molecule has 2 heterocycles. The van der Waals surface area contributed by atoms with Gasteiger partial charge in [0.15, 0.2) is 0 Å². The van der Waals surface area contributed by atoms with Crippen molar-refractivity contribution in [3.8, 4) is 0 Å². The Morgan fingerprint density at radius 3 is 2.90 bits per heavy atom. The van der Waals surface area contributed by atoms with Crippen LogP contribution in [-0.2, 0) is 22.9 Å². The van der Waals surface area contributed by atoms with E-state index in [9.17, 15) is 0 Å². The molecule has 114 valence electrons. The molecule has 1 fully saturated rings. The quantitative estimate of drug-likeness (QED) is 0.732. The molecule has 1 aliphatic rings. The summed E-state index contributed by atoms with van der Waals surface area (Å²) in [5, 5.41) is 7.79. The van der Waals surface area contributed by atoms with Crippen LogP contribution in [0.1, 0.15) is 25.0 Å². The Labute approximate surface area is 121 Å². The molecule has 0 saturated carbocycles. The predicted octanol–water partition coefficient (Wildman–Crippen LogP) is 1.39. The molecule has 1 N–H and O–H groups in total. The van der Waals surface area contributed by atoms with Crippen molar-refractivity contribution in [1.29, 1.82) is 0 Å². The Kier molecular flexibility index (Phi) is 6.01. The maximum atomic E-state index is 5.54. The molecule has 1 aliphatic heterocycles. The van der Waals surface area contributed by atoms with Crippen LogP contribution in [0, 0.1) is 5.41 Å². The molecule has 20 heavy (non-hydrogen) atoms. The van der Waals surface area contributed by atoms with Crippen LogP contribution in [0.4, 0.5) is 0 Å². The maximum absolute atomic E-state index is 5.54. The Morgan fingerprint density at radius 1 is 1.45 bits per heavy atom. The normalized spacial score (nSPS) is 18.3. The maximum Gasteiger partial charge on any atom is 0.0587 e. The molecule has 0 aliphatic carbocycles. The van der Waals surface area contributed by atoms with E-state index in [1.165, 1.54) is 12.1 Å². The Bertz CT molecular complexity index is 386. The zero-order chi connectivity index (χ0) is 14.3. The summed E-state index contributed by atoms with van der Waals surface area (Å²) in [6.45, 7) is 4.52. The van der Waals surface area contributed by atoms with Gasteiger partial charge >= 0.3 is 0 Å². The van der Waals surface area contributed by atoms with Gasteiger partial charge in [-0.2, -0.15) is 5.10 Å². The van der Waals surface area contributed by atoms with Crippen molar-refractivity contribution < 1.29 is 9.47 Å². The van der Waals surface area contributed by atoms with Gasteiger partial charge in [0.2, 0.25) is 0 Å². The second kappa shape index (κ2) is 7.76. The molecule has 1 saturated heterocycles. The molecular weight excluding hydrogens is 254 g/mol. The molecule has 0 unspecified atom stereocenters. The molecule has 1 aromatic heterocycles. The summed E-state index contributed by atoms with van der Waals surface area (Å²) >= 11 is 0. The lowest BCUT2D eigenvalue weighted by Crippen LogP contribution is -2.40. The molecule has 0 spiro atoms. The third-order valence-corrected chi connectivity index (χ3v) is 4.37. The number of hydrogen-bond acceptors (Lipinski definition) is 4. The van der Waals surface area contributed by atoms with Crippen LogP contribution in [0.2, 0.25) is 0 Å². The number of hydrogen-bond donors (Lipinski definition) is 1. The Morgan fingerprint density at radius 2 is 2.25 bits per heavy atom. The number of aryl methyl sites for hydroxylation is 2. The Hall–Kier alpha value is -0.910. The molecule has 0 aromatic carbocycles. The van der Waals surface area contributed by atoms with Gasteiger partial charge in [-0.25, -0.2) is 0 Å². The number of nitrogens with zero attached hydrogens (tertiary/aromatic N) is 2. The lowest BCUT2D eigenvalue weighted by atomic mass is 9.76. The highest BCUT2D eigenvalue weighted by Crippen LogP contribution is 2.34. The average Bonchev–Trinajstić information content (AvgIpc) is 2.88. The van der Waals surface area contributed by atoms with Gasteiger partial charge in [-0.3, -0.25) is 4.68 Å². The monoisotopic (exact) mass is 281 g/mol. The second-order valence-electron chi connectivity index (χ2n) is 5.73. The molecule has 0 amide bonds. The van der Waals surface area contributed by atoms with E-state index in [0.29, 0.717) is 5.41 Å². The fourth-order valence-electron chi connectivity index (χ4n) is 2.89. The van der Waals surface area contributed by atoms with Gasteiger partial charge in [-0.05, 0) is 37.2 Å². The minimum Gasteiger partial charge on any atom is -0.383 e. The van der Waals surface area contributed by atoms with E-state index < -0.39 is 0 Å². The molecule has 1 aromatic rings. The number of methoxy groups -OCH3 is 1. The number of nitrogens with one attached hydrogen (secondary N) is 1. The third kappa shape index (κ3) is 4.30. The van der Waals surface area contributed by atoms with Crippen molar-refractivity contribution in [2.45, 2.75) is 25.7 Å². The van der Waals surface area contributed by atoms with Crippen molar-refractivity contribution in [1.82, 2.24) is 15.1 Å². The molecule has 5 heteroatoms. The van der Waals surface area contributed by atoms with Crippen LogP contribution < -0.4 is 5.32 Å². The van der Waals surface area contributed by atoms with Crippen LogP contribution in [-0.4, -0.2) is 49.8 Å². The van der Waals surface area contributed by atoms with E-state index in [-0.39, 0.29) is 0 Å². The molecule has 0 atom stereocenters. The van der Waals surface area contributed by atoms with Crippen LogP contribution in [0.3, 0.4) is 0 Å². The first-order chi connectivity index (χ1) is 9.76. The zero-order valence-electron chi connectivity index (χ0n) is 12.7. The van der Waals surface area contributed by atoms with Gasteiger partial charge in [-0.1, -0.05) is 0 Å². The number of rotatable bonds is 8. The van der Waals surface area contributed by atoms with Gasteiger partial charge in [0.05, 0.1) is 6.61 Å². The lowest BCUT2D eigenvalue weighted by Gasteiger charge is -2.37. The van der Waals surface area contributed by atoms with Crippen LogP contribution in [0.15, 0.2) is 12.3 Å². The van der Waals surface area contributed by atoms with Crippen molar-refractivity contribution in [3.05, 3.63) is 18.0 Å². The topological polar surface area (TPSA) is 48.3 Å². The van der Waals surface area contributed by atoms with Crippen molar-refractivity contribution in [2.24, 2.45) is 12.5 Å². The molecule has 2 rings (SSSR count). The van der Waals surface area contributed by atoms with E-state index in [1.54, 1.807) is 7.11 Å².